The van der Waals surface area contributed by atoms with Crippen molar-refractivity contribution in [3.63, 3.8) is 0 Å². The second-order valence-corrected chi connectivity index (χ2v) is 6.64. The molecular weight excluding hydrogens is 416 g/mol. The van der Waals surface area contributed by atoms with Gasteiger partial charge in [-0.2, -0.15) is 10.2 Å². The van der Waals surface area contributed by atoms with Crippen molar-refractivity contribution in [3.8, 4) is 0 Å². The number of nitrogens with one attached hydrogen (secondary N) is 1. The fourth-order valence-corrected chi connectivity index (χ4v) is 3.02. The molecule has 27 heavy (non-hydrogen) atoms. The molecule has 140 valence electrons. The molecule has 0 fully saturated rings. The number of hydrogen-bond donors (Lipinski definition) is 1. The van der Waals surface area contributed by atoms with E-state index in [2.05, 4.69) is 31.4 Å². The molecule has 2 aromatic heterocycles. The second kappa shape index (κ2) is 8.12. The van der Waals surface area contributed by atoms with Gasteiger partial charge in [0.05, 0.1) is 34.4 Å². The lowest BCUT2D eigenvalue weighted by Gasteiger charge is -2.08. The molecule has 0 spiro atoms. The zero-order valence-electron chi connectivity index (χ0n) is 14.5. The van der Waals surface area contributed by atoms with Crippen molar-refractivity contribution in [2.45, 2.75) is 26.6 Å². The Morgan fingerprint density at radius 3 is 2.63 bits per heavy atom. The van der Waals surface area contributed by atoms with E-state index in [1.807, 2.05) is 11.6 Å². The first-order valence-electron chi connectivity index (χ1n) is 8.22. The van der Waals surface area contributed by atoms with Crippen LogP contribution in [-0.4, -0.2) is 30.4 Å². The SMILES string of the molecule is CCn1ncc(Br)c1CNC(=O)c1ccc(Cn2cc([N+](=O)[O-])cn2)cc1. The van der Waals surface area contributed by atoms with Crippen LogP contribution in [0, 0.1) is 10.1 Å². The van der Waals surface area contributed by atoms with Gasteiger partial charge in [0.15, 0.2) is 0 Å². The molecule has 1 aromatic carbocycles. The molecule has 0 aliphatic heterocycles. The van der Waals surface area contributed by atoms with Crippen LogP contribution in [0.15, 0.2) is 47.3 Å². The van der Waals surface area contributed by atoms with Crippen molar-refractivity contribution in [3.05, 3.63) is 74.3 Å². The number of nitrogens with zero attached hydrogens (tertiary/aromatic N) is 5. The Balaban J connectivity index is 1.61. The van der Waals surface area contributed by atoms with E-state index in [-0.39, 0.29) is 11.6 Å². The maximum absolute atomic E-state index is 12.4. The smallest absolute Gasteiger partial charge is 0.307 e. The van der Waals surface area contributed by atoms with Gasteiger partial charge in [0.2, 0.25) is 0 Å². The third kappa shape index (κ3) is 4.40. The van der Waals surface area contributed by atoms with Gasteiger partial charge in [-0.1, -0.05) is 12.1 Å². The van der Waals surface area contributed by atoms with E-state index in [0.29, 0.717) is 18.7 Å². The van der Waals surface area contributed by atoms with Crippen molar-refractivity contribution < 1.29 is 9.72 Å². The Labute approximate surface area is 163 Å². The van der Waals surface area contributed by atoms with Gasteiger partial charge in [0, 0.05) is 12.1 Å². The van der Waals surface area contributed by atoms with Crippen LogP contribution in [-0.2, 0) is 19.6 Å². The van der Waals surface area contributed by atoms with E-state index in [1.165, 1.54) is 17.1 Å². The summed E-state index contributed by atoms with van der Waals surface area (Å²) in [5.41, 5.74) is 2.27. The normalized spacial score (nSPS) is 10.7. The quantitative estimate of drug-likeness (QED) is 0.456. The molecular formula is C17H17BrN6O3. The van der Waals surface area contributed by atoms with Crippen LogP contribution < -0.4 is 5.32 Å². The van der Waals surface area contributed by atoms with E-state index in [4.69, 9.17) is 0 Å². The predicted molar refractivity (Wildman–Crippen MR) is 101 cm³/mol. The summed E-state index contributed by atoms with van der Waals surface area (Å²) in [5.74, 6) is -0.188. The Morgan fingerprint density at radius 2 is 2.00 bits per heavy atom. The molecule has 0 saturated heterocycles. The highest BCUT2D eigenvalue weighted by atomic mass is 79.9. The summed E-state index contributed by atoms with van der Waals surface area (Å²) in [7, 11) is 0. The maximum atomic E-state index is 12.4. The molecule has 3 aromatic rings. The van der Waals surface area contributed by atoms with Gasteiger partial charge in [0.25, 0.3) is 5.91 Å². The summed E-state index contributed by atoms with van der Waals surface area (Å²) in [4.78, 5) is 22.6. The van der Waals surface area contributed by atoms with Crippen molar-refractivity contribution >= 4 is 27.5 Å². The van der Waals surface area contributed by atoms with E-state index >= 15 is 0 Å². The summed E-state index contributed by atoms with van der Waals surface area (Å²) >= 11 is 3.43. The average Bonchev–Trinajstić information content (AvgIpc) is 3.27. The van der Waals surface area contributed by atoms with Crippen LogP contribution in [0.1, 0.15) is 28.5 Å². The zero-order chi connectivity index (χ0) is 19.4. The fraction of sp³-hybridized carbons (Fsp3) is 0.235. The van der Waals surface area contributed by atoms with Crippen LogP contribution >= 0.6 is 15.9 Å². The van der Waals surface area contributed by atoms with E-state index < -0.39 is 4.92 Å². The first kappa shape index (κ1) is 18.8. The summed E-state index contributed by atoms with van der Waals surface area (Å²) < 4.78 is 4.15. The number of carbonyl (C=O) groups is 1. The standard InChI is InChI=1S/C17H17BrN6O3/c1-2-23-16(15(18)8-21-23)9-19-17(25)13-5-3-12(4-6-13)10-22-11-14(7-20-22)24(26)27/h3-8,11H,2,9-10H2,1H3,(H,19,25). The molecule has 1 N–H and O–H groups in total. The predicted octanol–water partition coefficient (Wildman–Crippen LogP) is 2.75. The van der Waals surface area contributed by atoms with Crippen LogP contribution in [0.4, 0.5) is 5.69 Å². The molecule has 0 unspecified atom stereocenters. The van der Waals surface area contributed by atoms with Gasteiger partial charge in [-0.05, 0) is 40.5 Å². The molecule has 0 aliphatic carbocycles. The lowest BCUT2D eigenvalue weighted by Crippen LogP contribution is -2.24. The van der Waals surface area contributed by atoms with Gasteiger partial charge in [-0.25, -0.2) is 0 Å². The Bertz CT molecular complexity index is 963. The molecule has 0 radical (unpaired) electrons. The van der Waals surface area contributed by atoms with Crippen molar-refractivity contribution in [2.75, 3.05) is 0 Å². The van der Waals surface area contributed by atoms with Crippen LogP contribution in [0.2, 0.25) is 0 Å². The monoisotopic (exact) mass is 432 g/mol. The molecule has 10 heteroatoms. The molecule has 9 nitrogen and oxygen atoms in total. The lowest BCUT2D eigenvalue weighted by atomic mass is 10.1. The number of benzene rings is 1. The van der Waals surface area contributed by atoms with Gasteiger partial charge in [-0.3, -0.25) is 24.3 Å². The van der Waals surface area contributed by atoms with Crippen LogP contribution in [0.3, 0.4) is 0 Å². The van der Waals surface area contributed by atoms with Crippen LogP contribution in [0.5, 0.6) is 0 Å². The highest BCUT2D eigenvalue weighted by Crippen LogP contribution is 2.16. The highest BCUT2D eigenvalue weighted by Gasteiger charge is 2.12. The van der Waals surface area contributed by atoms with Crippen molar-refractivity contribution in [2.24, 2.45) is 0 Å². The van der Waals surface area contributed by atoms with E-state index in [0.717, 1.165) is 22.3 Å². The van der Waals surface area contributed by atoms with Crippen LogP contribution in [0.25, 0.3) is 0 Å². The summed E-state index contributed by atoms with van der Waals surface area (Å²) in [6, 6.07) is 7.03. The molecule has 0 aliphatic rings. The molecule has 0 bridgehead atoms. The molecule has 3 rings (SSSR count). The lowest BCUT2D eigenvalue weighted by molar-refractivity contribution is -0.385. The zero-order valence-corrected chi connectivity index (χ0v) is 16.1. The van der Waals surface area contributed by atoms with E-state index in [1.54, 1.807) is 30.5 Å². The van der Waals surface area contributed by atoms with Crippen molar-refractivity contribution in [1.82, 2.24) is 24.9 Å². The molecule has 0 atom stereocenters. The topological polar surface area (TPSA) is 108 Å². The Kier molecular flexibility index (Phi) is 5.65. The minimum absolute atomic E-state index is 0.0523. The van der Waals surface area contributed by atoms with E-state index in [9.17, 15) is 14.9 Å². The van der Waals surface area contributed by atoms with Gasteiger partial charge < -0.3 is 5.32 Å². The first-order valence-corrected chi connectivity index (χ1v) is 9.01. The first-order chi connectivity index (χ1) is 13.0. The number of aryl methyl sites for hydroxylation is 1. The third-order valence-electron chi connectivity index (χ3n) is 4.00. The molecule has 1 amide bonds. The Hall–Kier alpha value is -3.01. The van der Waals surface area contributed by atoms with Gasteiger partial charge in [0.1, 0.15) is 12.4 Å². The Morgan fingerprint density at radius 1 is 1.26 bits per heavy atom. The summed E-state index contributed by atoms with van der Waals surface area (Å²) in [6.45, 7) is 3.46. The largest absolute Gasteiger partial charge is 0.346 e. The van der Waals surface area contributed by atoms with Gasteiger partial charge in [-0.15, -0.1) is 0 Å². The summed E-state index contributed by atoms with van der Waals surface area (Å²) in [5, 5.41) is 21.7. The number of aromatic nitrogens is 4. The molecule has 2 heterocycles. The number of nitro groups is 1. The minimum atomic E-state index is -0.486. The number of carbonyl (C=O) groups excluding carboxylic acids is 1. The number of amides is 1. The highest BCUT2D eigenvalue weighted by molar-refractivity contribution is 9.10. The minimum Gasteiger partial charge on any atom is -0.346 e. The fourth-order valence-electron chi connectivity index (χ4n) is 2.58. The number of rotatable bonds is 7. The van der Waals surface area contributed by atoms with Crippen molar-refractivity contribution in [1.29, 1.82) is 0 Å². The number of halogens is 1. The molecule has 0 saturated carbocycles. The van der Waals surface area contributed by atoms with Gasteiger partial charge >= 0.3 is 5.69 Å². The maximum Gasteiger partial charge on any atom is 0.307 e. The average molecular weight is 433 g/mol. The second-order valence-electron chi connectivity index (χ2n) is 5.79. The summed E-state index contributed by atoms with van der Waals surface area (Å²) in [6.07, 6.45) is 4.29. The number of hydrogen-bond acceptors (Lipinski definition) is 5. The third-order valence-corrected chi connectivity index (χ3v) is 4.67.